The van der Waals surface area contributed by atoms with E-state index in [4.69, 9.17) is 0 Å². The summed E-state index contributed by atoms with van der Waals surface area (Å²) in [6.07, 6.45) is 5.16. The Morgan fingerprint density at radius 2 is 1.88 bits per heavy atom. The fourth-order valence-electron chi connectivity index (χ4n) is 2.63. The summed E-state index contributed by atoms with van der Waals surface area (Å²) in [4.78, 5) is 29.2. The maximum absolute atomic E-state index is 12.7. The van der Waals surface area contributed by atoms with E-state index in [1.54, 1.807) is 54.3 Å². The summed E-state index contributed by atoms with van der Waals surface area (Å²) >= 11 is 0. The molecular formula is C20H19N3O2. The minimum Gasteiger partial charge on any atom is -0.350 e. The summed E-state index contributed by atoms with van der Waals surface area (Å²) in [6.45, 7) is 2.18. The first-order valence-electron chi connectivity index (χ1n) is 8.10. The van der Waals surface area contributed by atoms with E-state index in [2.05, 4.69) is 10.3 Å². The third kappa shape index (κ3) is 3.83. The number of ketones is 1. The fraction of sp³-hybridized carbons (Fsp3) is 0.150. The highest BCUT2D eigenvalue weighted by atomic mass is 16.2. The molecule has 5 heteroatoms. The van der Waals surface area contributed by atoms with E-state index in [0.29, 0.717) is 17.8 Å². The minimum absolute atomic E-state index is 0.0995. The largest absolute Gasteiger partial charge is 0.350 e. The number of hydrogen-bond donors (Lipinski definition) is 1. The van der Waals surface area contributed by atoms with Crippen LogP contribution in [0.4, 0.5) is 0 Å². The van der Waals surface area contributed by atoms with Crippen molar-refractivity contribution >= 4 is 11.7 Å². The zero-order valence-electron chi connectivity index (χ0n) is 13.9. The van der Waals surface area contributed by atoms with Crippen molar-refractivity contribution in [3.05, 3.63) is 90.0 Å². The van der Waals surface area contributed by atoms with Crippen molar-refractivity contribution in [2.75, 3.05) is 0 Å². The van der Waals surface area contributed by atoms with Gasteiger partial charge >= 0.3 is 0 Å². The van der Waals surface area contributed by atoms with Crippen molar-refractivity contribution in [2.45, 2.75) is 19.5 Å². The molecule has 1 N–H and O–H groups in total. The Bertz CT molecular complexity index is 857. The van der Waals surface area contributed by atoms with Crippen LogP contribution < -0.4 is 5.32 Å². The van der Waals surface area contributed by atoms with Gasteiger partial charge in [0.1, 0.15) is 6.04 Å². The molecule has 0 saturated heterocycles. The number of aromatic nitrogens is 2. The molecule has 0 fully saturated rings. The number of carbonyl (C=O) groups is 2. The average molecular weight is 333 g/mol. The summed E-state index contributed by atoms with van der Waals surface area (Å²) in [5, 5.41) is 2.88. The number of nitrogens with zero attached hydrogens (tertiary/aromatic N) is 2. The molecule has 0 saturated carbocycles. The number of pyridine rings is 1. The van der Waals surface area contributed by atoms with Crippen LogP contribution in [-0.4, -0.2) is 21.2 Å². The molecule has 1 atom stereocenters. The molecule has 1 amide bonds. The van der Waals surface area contributed by atoms with Crippen LogP contribution in [0.1, 0.15) is 34.6 Å². The monoisotopic (exact) mass is 333 g/mol. The van der Waals surface area contributed by atoms with E-state index in [0.717, 1.165) is 5.56 Å². The first-order chi connectivity index (χ1) is 12.2. The van der Waals surface area contributed by atoms with Crippen LogP contribution in [0, 0.1) is 0 Å². The van der Waals surface area contributed by atoms with E-state index in [-0.39, 0.29) is 11.7 Å². The smallest absolute Gasteiger partial charge is 0.243 e. The lowest BCUT2D eigenvalue weighted by Crippen LogP contribution is -2.31. The lowest BCUT2D eigenvalue weighted by atomic mass is 10.1. The van der Waals surface area contributed by atoms with Gasteiger partial charge in [-0.3, -0.25) is 14.6 Å². The van der Waals surface area contributed by atoms with Gasteiger partial charge in [0.25, 0.3) is 0 Å². The third-order valence-electron chi connectivity index (χ3n) is 4.03. The molecule has 3 aromatic rings. The second kappa shape index (κ2) is 7.57. The van der Waals surface area contributed by atoms with Gasteiger partial charge in [0, 0.05) is 30.7 Å². The molecule has 3 rings (SSSR count). The van der Waals surface area contributed by atoms with Crippen molar-refractivity contribution in [3.63, 3.8) is 0 Å². The molecule has 1 unspecified atom stereocenters. The maximum atomic E-state index is 12.7. The molecule has 126 valence electrons. The molecule has 0 aliphatic rings. The zero-order valence-corrected chi connectivity index (χ0v) is 13.9. The van der Waals surface area contributed by atoms with Crippen LogP contribution in [0.2, 0.25) is 0 Å². The number of hydrogen-bond acceptors (Lipinski definition) is 3. The first kappa shape index (κ1) is 16.6. The van der Waals surface area contributed by atoms with Gasteiger partial charge in [0.2, 0.25) is 11.7 Å². The second-order valence-electron chi connectivity index (χ2n) is 5.75. The van der Waals surface area contributed by atoms with Gasteiger partial charge in [-0.15, -0.1) is 0 Å². The van der Waals surface area contributed by atoms with Gasteiger partial charge in [0.05, 0.1) is 5.69 Å². The Labute approximate surface area is 146 Å². The van der Waals surface area contributed by atoms with E-state index < -0.39 is 6.04 Å². The van der Waals surface area contributed by atoms with Crippen molar-refractivity contribution in [1.82, 2.24) is 14.9 Å². The predicted octanol–water partition coefficient (Wildman–Crippen LogP) is 2.99. The lowest BCUT2D eigenvalue weighted by Gasteiger charge is -2.17. The van der Waals surface area contributed by atoms with Crippen LogP contribution in [0.3, 0.4) is 0 Å². The standard InChI is InChI=1S/C20H19N3O2/c1-15(20(25)22-14-16-7-5-11-21-13-16)23-12-6-10-18(23)19(24)17-8-3-2-4-9-17/h2-13,15H,14H2,1H3,(H,22,25). The quantitative estimate of drug-likeness (QED) is 0.705. The summed E-state index contributed by atoms with van der Waals surface area (Å²) in [5.41, 5.74) is 2.02. The van der Waals surface area contributed by atoms with Crippen molar-refractivity contribution in [2.24, 2.45) is 0 Å². The van der Waals surface area contributed by atoms with Crippen LogP contribution >= 0.6 is 0 Å². The topological polar surface area (TPSA) is 64.0 Å². The molecule has 2 aromatic heterocycles. The van der Waals surface area contributed by atoms with Gasteiger partial charge in [-0.05, 0) is 30.7 Å². The average Bonchev–Trinajstić information content (AvgIpc) is 3.16. The minimum atomic E-state index is -0.491. The van der Waals surface area contributed by atoms with Crippen LogP contribution in [0.15, 0.2) is 73.2 Å². The van der Waals surface area contributed by atoms with E-state index in [9.17, 15) is 9.59 Å². The summed E-state index contributed by atoms with van der Waals surface area (Å²) in [5.74, 6) is -0.250. The molecule has 0 aliphatic heterocycles. The highest BCUT2D eigenvalue weighted by Crippen LogP contribution is 2.16. The van der Waals surface area contributed by atoms with E-state index >= 15 is 0 Å². The van der Waals surface area contributed by atoms with Gasteiger partial charge in [-0.2, -0.15) is 0 Å². The van der Waals surface area contributed by atoms with Gasteiger partial charge in [-0.25, -0.2) is 0 Å². The molecular weight excluding hydrogens is 314 g/mol. The van der Waals surface area contributed by atoms with Gasteiger partial charge in [-0.1, -0.05) is 36.4 Å². The Hall–Kier alpha value is -3.21. The van der Waals surface area contributed by atoms with Gasteiger partial charge in [0.15, 0.2) is 0 Å². The van der Waals surface area contributed by atoms with Gasteiger partial charge < -0.3 is 9.88 Å². The normalized spacial score (nSPS) is 11.7. The molecule has 25 heavy (non-hydrogen) atoms. The summed E-state index contributed by atoms with van der Waals surface area (Å²) in [7, 11) is 0. The van der Waals surface area contributed by atoms with Crippen molar-refractivity contribution in [1.29, 1.82) is 0 Å². The number of nitrogens with one attached hydrogen (secondary N) is 1. The van der Waals surface area contributed by atoms with Crippen LogP contribution in [-0.2, 0) is 11.3 Å². The molecule has 0 bridgehead atoms. The Morgan fingerprint density at radius 1 is 1.08 bits per heavy atom. The Balaban J connectivity index is 1.72. The summed E-state index contributed by atoms with van der Waals surface area (Å²) < 4.78 is 1.70. The molecule has 0 spiro atoms. The Morgan fingerprint density at radius 3 is 2.60 bits per heavy atom. The molecule has 0 radical (unpaired) electrons. The highest BCUT2D eigenvalue weighted by molar-refractivity contribution is 6.08. The van der Waals surface area contributed by atoms with Crippen LogP contribution in [0.5, 0.6) is 0 Å². The van der Waals surface area contributed by atoms with Crippen LogP contribution in [0.25, 0.3) is 0 Å². The number of carbonyl (C=O) groups excluding carboxylic acids is 2. The molecule has 0 aliphatic carbocycles. The molecule has 2 heterocycles. The Kier molecular flexibility index (Phi) is 5.04. The zero-order chi connectivity index (χ0) is 17.6. The van der Waals surface area contributed by atoms with E-state index in [1.807, 2.05) is 30.3 Å². The third-order valence-corrected chi connectivity index (χ3v) is 4.03. The second-order valence-corrected chi connectivity index (χ2v) is 5.75. The molecule has 5 nitrogen and oxygen atoms in total. The lowest BCUT2D eigenvalue weighted by molar-refractivity contribution is -0.124. The summed E-state index contributed by atoms with van der Waals surface area (Å²) in [6, 6.07) is 15.8. The van der Waals surface area contributed by atoms with Crippen molar-refractivity contribution < 1.29 is 9.59 Å². The molecule has 1 aromatic carbocycles. The SMILES string of the molecule is CC(C(=O)NCc1cccnc1)n1cccc1C(=O)c1ccccc1. The predicted molar refractivity (Wildman–Crippen MR) is 95.1 cm³/mol. The van der Waals surface area contributed by atoms with Crippen molar-refractivity contribution in [3.8, 4) is 0 Å². The highest BCUT2D eigenvalue weighted by Gasteiger charge is 2.20. The van der Waals surface area contributed by atoms with E-state index in [1.165, 1.54) is 0 Å². The maximum Gasteiger partial charge on any atom is 0.243 e. The first-order valence-corrected chi connectivity index (χ1v) is 8.10. The number of rotatable bonds is 6. The number of amides is 1. The fourth-order valence-corrected chi connectivity index (χ4v) is 2.63. The number of benzene rings is 1.